The van der Waals surface area contributed by atoms with Gasteiger partial charge in [0.15, 0.2) is 5.82 Å². The molecular weight excluding hydrogens is 516 g/mol. The lowest BCUT2D eigenvalue weighted by atomic mass is 9.94. The van der Waals surface area contributed by atoms with Gasteiger partial charge in [0.25, 0.3) is 5.56 Å². The van der Waals surface area contributed by atoms with Gasteiger partial charge < -0.3 is 4.74 Å². The Morgan fingerprint density at radius 2 is 1.80 bits per heavy atom. The number of rotatable bonds is 7. The van der Waals surface area contributed by atoms with Crippen molar-refractivity contribution in [3.05, 3.63) is 116 Å². The first-order valence-corrected chi connectivity index (χ1v) is 13.9. The van der Waals surface area contributed by atoms with Crippen LogP contribution >= 0.6 is 0 Å². The Morgan fingerprint density at radius 3 is 2.54 bits per heavy atom. The summed E-state index contributed by atoms with van der Waals surface area (Å²) in [6.07, 6.45) is 2.72. The Morgan fingerprint density at radius 1 is 1.00 bits per heavy atom. The molecule has 3 aromatic carbocycles. The first kappa shape index (κ1) is 26.5. The second kappa shape index (κ2) is 10.4. The molecule has 0 amide bonds. The molecule has 3 heterocycles. The van der Waals surface area contributed by atoms with Crippen LogP contribution in [0.2, 0.25) is 0 Å². The average Bonchev–Trinajstić information content (AvgIpc) is 3.52. The molecule has 6 rings (SSSR count). The highest BCUT2D eigenvalue weighted by molar-refractivity contribution is 5.81. The number of nitrogens with zero attached hydrogens (tertiary/aromatic N) is 3. The van der Waals surface area contributed by atoms with Crippen LogP contribution in [0, 0.1) is 6.92 Å². The Balaban J connectivity index is 1.46. The number of ether oxygens (including phenoxy) is 1. The molecule has 0 aliphatic carbocycles. The van der Waals surface area contributed by atoms with Gasteiger partial charge in [0, 0.05) is 29.5 Å². The first-order chi connectivity index (χ1) is 19.7. The fourth-order valence-electron chi connectivity index (χ4n) is 5.70. The number of aryl methyl sites for hydroxylation is 2. The molecular formula is C33H32N4O4. The number of aromatic amines is 1. The molecule has 2 aromatic heterocycles. The van der Waals surface area contributed by atoms with Crippen LogP contribution in [0.4, 0.5) is 0 Å². The summed E-state index contributed by atoms with van der Waals surface area (Å²) in [6.45, 7) is 8.10. The lowest BCUT2D eigenvalue weighted by molar-refractivity contribution is 0.138. The van der Waals surface area contributed by atoms with Crippen molar-refractivity contribution < 1.29 is 9.26 Å². The number of benzene rings is 3. The normalized spacial score (nSPS) is 13.7. The number of hydrogen-bond donors (Lipinski definition) is 1. The van der Waals surface area contributed by atoms with Crippen molar-refractivity contribution in [3.8, 4) is 34.0 Å². The minimum absolute atomic E-state index is 0.0809. The van der Waals surface area contributed by atoms with Gasteiger partial charge in [0.2, 0.25) is 0 Å². The van der Waals surface area contributed by atoms with Gasteiger partial charge in [0.05, 0.1) is 11.4 Å². The maximum atomic E-state index is 14.2. The fourth-order valence-corrected chi connectivity index (χ4v) is 5.70. The van der Waals surface area contributed by atoms with Gasteiger partial charge in [-0.1, -0.05) is 61.0 Å². The highest BCUT2D eigenvalue weighted by Gasteiger charge is 2.30. The molecule has 0 radical (unpaired) electrons. The summed E-state index contributed by atoms with van der Waals surface area (Å²) in [6, 6.07) is 21.8. The number of nitrogens with one attached hydrogen (secondary N) is 1. The molecule has 41 heavy (non-hydrogen) atoms. The number of fused-ring (bicyclic) bond motifs is 1. The molecule has 0 fully saturated rings. The predicted octanol–water partition coefficient (Wildman–Crippen LogP) is 5.81. The van der Waals surface area contributed by atoms with Crippen molar-refractivity contribution in [2.75, 3.05) is 0 Å². The Labute approximate surface area is 237 Å². The minimum atomic E-state index is -0.622. The van der Waals surface area contributed by atoms with Crippen molar-refractivity contribution in [1.29, 1.82) is 0 Å². The van der Waals surface area contributed by atoms with Crippen LogP contribution in [0.1, 0.15) is 55.4 Å². The molecule has 0 spiro atoms. The maximum absolute atomic E-state index is 14.2. The minimum Gasteiger partial charge on any atom is -0.487 e. The average molecular weight is 549 g/mol. The molecule has 208 valence electrons. The lowest BCUT2D eigenvalue weighted by Gasteiger charge is -2.17. The van der Waals surface area contributed by atoms with Gasteiger partial charge in [-0.2, -0.15) is 0 Å². The Kier molecular flexibility index (Phi) is 6.69. The second-order valence-electron chi connectivity index (χ2n) is 11.2. The third kappa shape index (κ3) is 5.13. The molecule has 1 aliphatic rings. The Hall–Kier alpha value is -4.72. The van der Waals surface area contributed by atoms with Crippen LogP contribution < -0.4 is 16.1 Å². The topological polar surface area (TPSA) is 103 Å². The van der Waals surface area contributed by atoms with E-state index in [1.165, 1.54) is 0 Å². The van der Waals surface area contributed by atoms with Crippen LogP contribution in [0.3, 0.4) is 0 Å². The molecule has 0 saturated carbocycles. The lowest BCUT2D eigenvalue weighted by Crippen LogP contribution is -2.28. The second-order valence-corrected chi connectivity index (χ2v) is 11.2. The van der Waals surface area contributed by atoms with E-state index in [0.29, 0.717) is 30.1 Å². The highest BCUT2D eigenvalue weighted by atomic mass is 16.5. The molecule has 0 unspecified atom stereocenters. The van der Waals surface area contributed by atoms with Crippen LogP contribution in [0.15, 0.2) is 80.8 Å². The summed E-state index contributed by atoms with van der Waals surface area (Å²) in [7, 11) is 0. The van der Waals surface area contributed by atoms with Gasteiger partial charge in [0.1, 0.15) is 17.2 Å². The van der Waals surface area contributed by atoms with Gasteiger partial charge in [-0.05, 0) is 68.1 Å². The van der Waals surface area contributed by atoms with Crippen molar-refractivity contribution in [2.45, 2.75) is 59.0 Å². The van der Waals surface area contributed by atoms with E-state index in [1.54, 1.807) is 4.57 Å². The van der Waals surface area contributed by atoms with E-state index in [9.17, 15) is 9.59 Å². The van der Waals surface area contributed by atoms with Gasteiger partial charge >= 0.3 is 5.76 Å². The van der Waals surface area contributed by atoms with Gasteiger partial charge in [-0.3, -0.25) is 18.9 Å². The van der Waals surface area contributed by atoms with E-state index in [4.69, 9.17) is 14.2 Å². The molecule has 5 aromatic rings. The van der Waals surface area contributed by atoms with Crippen LogP contribution in [0.25, 0.3) is 28.2 Å². The van der Waals surface area contributed by atoms with Crippen molar-refractivity contribution >= 4 is 0 Å². The molecule has 0 atom stereocenters. The van der Waals surface area contributed by atoms with Crippen LogP contribution in [-0.2, 0) is 19.3 Å². The van der Waals surface area contributed by atoms with E-state index < -0.39 is 5.76 Å². The predicted molar refractivity (Wildman–Crippen MR) is 158 cm³/mol. The number of hydrogen-bond acceptors (Lipinski definition) is 6. The molecule has 0 bridgehead atoms. The van der Waals surface area contributed by atoms with E-state index in [-0.39, 0.29) is 11.2 Å². The standard InChI is InChI=1S/C33H32N4O4/c1-5-9-28-27(31(38)37(20(2)34-28)24-13-15-29-23(18-24)19-33(3,4)40-29)17-21-12-14-25(22-10-7-6-8-11-22)26(16-21)30-35-32(39)41-36-30/h6-8,10-16,18H,5,9,17,19H2,1-4H3,(H,35,36,39). The summed E-state index contributed by atoms with van der Waals surface area (Å²) >= 11 is 0. The molecule has 8 nitrogen and oxygen atoms in total. The zero-order chi connectivity index (χ0) is 28.7. The largest absolute Gasteiger partial charge is 0.487 e. The summed E-state index contributed by atoms with van der Waals surface area (Å²) in [5.41, 5.74) is 6.48. The van der Waals surface area contributed by atoms with E-state index in [0.717, 1.165) is 57.8 Å². The van der Waals surface area contributed by atoms with Crippen LogP contribution in [-0.4, -0.2) is 25.3 Å². The van der Waals surface area contributed by atoms with Crippen molar-refractivity contribution in [3.63, 3.8) is 0 Å². The highest BCUT2D eigenvalue weighted by Crippen LogP contribution is 2.36. The monoisotopic (exact) mass is 548 g/mol. The van der Waals surface area contributed by atoms with E-state index in [2.05, 4.69) is 30.9 Å². The maximum Gasteiger partial charge on any atom is 0.439 e. The fraction of sp³-hybridized carbons (Fsp3) is 0.273. The Bertz CT molecular complexity index is 1860. The first-order valence-electron chi connectivity index (χ1n) is 13.9. The number of aromatic nitrogens is 4. The molecule has 8 heteroatoms. The van der Waals surface area contributed by atoms with Gasteiger partial charge in [-0.25, -0.2) is 9.78 Å². The molecule has 1 aliphatic heterocycles. The summed E-state index contributed by atoms with van der Waals surface area (Å²) in [5, 5.41) is 3.96. The third-order valence-electron chi connectivity index (χ3n) is 7.47. The van der Waals surface area contributed by atoms with Crippen LogP contribution in [0.5, 0.6) is 5.75 Å². The molecule has 1 N–H and O–H groups in total. The zero-order valence-corrected chi connectivity index (χ0v) is 23.7. The van der Waals surface area contributed by atoms with Crippen molar-refractivity contribution in [1.82, 2.24) is 19.7 Å². The van der Waals surface area contributed by atoms with E-state index >= 15 is 0 Å². The zero-order valence-electron chi connectivity index (χ0n) is 23.7. The number of H-pyrrole nitrogens is 1. The SMILES string of the molecule is CCCc1nc(C)n(-c2ccc3c(c2)CC(C)(C)O3)c(=O)c1Cc1ccc(-c2ccccc2)c(-c2noc(=O)[nH]2)c1. The van der Waals surface area contributed by atoms with Crippen molar-refractivity contribution in [2.24, 2.45) is 0 Å². The molecule has 0 saturated heterocycles. The smallest absolute Gasteiger partial charge is 0.439 e. The summed E-state index contributed by atoms with van der Waals surface area (Å²) in [5.74, 6) is 1.23. The summed E-state index contributed by atoms with van der Waals surface area (Å²) in [4.78, 5) is 33.6. The summed E-state index contributed by atoms with van der Waals surface area (Å²) < 4.78 is 12.6. The van der Waals surface area contributed by atoms with E-state index in [1.807, 2.05) is 73.7 Å². The quantitative estimate of drug-likeness (QED) is 0.275. The third-order valence-corrected chi connectivity index (χ3v) is 7.47. The van der Waals surface area contributed by atoms with Gasteiger partial charge in [-0.15, -0.1) is 0 Å².